The highest BCUT2D eigenvalue weighted by Crippen LogP contribution is 2.26. The van der Waals surface area contributed by atoms with Crippen molar-refractivity contribution in [2.75, 3.05) is 13.1 Å². The molecule has 1 aliphatic heterocycles. The second kappa shape index (κ2) is 7.54. The molecule has 0 aliphatic carbocycles. The van der Waals surface area contributed by atoms with Crippen molar-refractivity contribution >= 4 is 12.0 Å². The van der Waals surface area contributed by atoms with Crippen molar-refractivity contribution < 1.29 is 14.3 Å². The van der Waals surface area contributed by atoms with Crippen LogP contribution in [0, 0.1) is 11.3 Å². The predicted molar refractivity (Wildman–Crippen MR) is 92.2 cm³/mol. The summed E-state index contributed by atoms with van der Waals surface area (Å²) >= 11 is 0. The number of nitrogens with one attached hydrogen (secondary N) is 1. The van der Waals surface area contributed by atoms with Crippen LogP contribution in [0.2, 0.25) is 0 Å². The molecule has 1 fully saturated rings. The van der Waals surface area contributed by atoms with Gasteiger partial charge < -0.3 is 15.0 Å². The minimum absolute atomic E-state index is 0.0403. The second-order valence-electron chi connectivity index (χ2n) is 8.69. The molecule has 1 aliphatic rings. The lowest BCUT2D eigenvalue weighted by Crippen LogP contribution is -2.55. The summed E-state index contributed by atoms with van der Waals surface area (Å²) < 4.78 is 5.35. The molecule has 0 aromatic rings. The molecular formula is C18H34N2O3. The quantitative estimate of drug-likeness (QED) is 0.862. The van der Waals surface area contributed by atoms with Crippen molar-refractivity contribution in [1.29, 1.82) is 0 Å². The summed E-state index contributed by atoms with van der Waals surface area (Å²) in [6.07, 6.45) is 2.66. The largest absolute Gasteiger partial charge is 0.444 e. The number of hydrogen-bond donors (Lipinski definition) is 1. The molecule has 1 rings (SSSR count). The number of rotatable bonds is 3. The summed E-state index contributed by atoms with van der Waals surface area (Å²) in [5.41, 5.74) is -0.910. The van der Waals surface area contributed by atoms with Crippen LogP contribution in [-0.4, -0.2) is 41.6 Å². The summed E-state index contributed by atoms with van der Waals surface area (Å²) in [5.74, 6) is 0.578. The minimum atomic E-state index is -0.511. The number of alkyl carbamates (subject to hydrolysis) is 1. The van der Waals surface area contributed by atoms with Gasteiger partial charge in [-0.3, -0.25) is 4.79 Å². The van der Waals surface area contributed by atoms with E-state index in [9.17, 15) is 9.59 Å². The first-order valence-electron chi connectivity index (χ1n) is 8.71. The molecule has 5 nitrogen and oxygen atoms in total. The predicted octanol–water partition coefficient (Wildman–Crippen LogP) is 3.57. The van der Waals surface area contributed by atoms with E-state index in [0.717, 1.165) is 25.8 Å². The Hall–Kier alpha value is -1.26. The fourth-order valence-corrected chi connectivity index (χ4v) is 3.04. The lowest BCUT2D eigenvalue weighted by molar-refractivity contribution is -0.142. The highest BCUT2D eigenvalue weighted by Gasteiger charge is 2.35. The Balaban J connectivity index is 2.75. The second-order valence-corrected chi connectivity index (χ2v) is 8.69. The van der Waals surface area contributed by atoms with E-state index in [2.05, 4.69) is 12.2 Å². The van der Waals surface area contributed by atoms with Crippen LogP contribution in [-0.2, 0) is 9.53 Å². The molecule has 0 radical (unpaired) electrons. The Morgan fingerprint density at radius 1 is 1.13 bits per heavy atom. The number of carbonyl (C=O) groups is 2. The van der Waals surface area contributed by atoms with Gasteiger partial charge in [-0.05, 0) is 39.5 Å². The van der Waals surface area contributed by atoms with Crippen molar-refractivity contribution in [1.82, 2.24) is 10.2 Å². The van der Waals surface area contributed by atoms with Gasteiger partial charge in [0.05, 0.1) is 6.04 Å². The molecule has 5 heteroatoms. The lowest BCUT2D eigenvalue weighted by atomic mass is 9.87. The number of ether oxygens (including phenoxy) is 1. The first kappa shape index (κ1) is 19.8. The van der Waals surface area contributed by atoms with Gasteiger partial charge in [0.1, 0.15) is 5.60 Å². The van der Waals surface area contributed by atoms with Crippen LogP contribution in [0.1, 0.15) is 67.7 Å². The zero-order chi connectivity index (χ0) is 17.8. The highest BCUT2D eigenvalue weighted by molar-refractivity contribution is 5.81. The Morgan fingerprint density at radius 2 is 1.74 bits per heavy atom. The maximum Gasteiger partial charge on any atom is 0.407 e. The van der Waals surface area contributed by atoms with E-state index in [1.807, 2.05) is 46.4 Å². The van der Waals surface area contributed by atoms with Crippen LogP contribution < -0.4 is 5.32 Å². The van der Waals surface area contributed by atoms with Gasteiger partial charge in [-0.25, -0.2) is 4.79 Å². The van der Waals surface area contributed by atoms with Crippen LogP contribution in [0.3, 0.4) is 0 Å². The number of amides is 2. The van der Waals surface area contributed by atoms with Gasteiger partial charge in [0, 0.05) is 18.5 Å². The number of likely N-dealkylation sites (tertiary alicyclic amines) is 1. The molecule has 0 bridgehead atoms. The molecule has 0 spiro atoms. The summed E-state index contributed by atoms with van der Waals surface area (Å²) in [4.78, 5) is 26.5. The van der Waals surface area contributed by atoms with Gasteiger partial charge in [-0.15, -0.1) is 0 Å². The maximum absolute atomic E-state index is 12.6. The first-order valence-corrected chi connectivity index (χ1v) is 8.71. The molecule has 0 aromatic heterocycles. The Morgan fingerprint density at radius 3 is 2.22 bits per heavy atom. The SMILES string of the molecule is CCCC1CC(NC(=O)OC(C)(C)C)CN(C(=O)C(C)(C)C)C1. The molecule has 2 atom stereocenters. The fraction of sp³-hybridized carbons (Fsp3) is 0.889. The van der Waals surface area contributed by atoms with Gasteiger partial charge in [-0.2, -0.15) is 0 Å². The molecule has 1 N–H and O–H groups in total. The zero-order valence-corrected chi connectivity index (χ0v) is 15.9. The summed E-state index contributed by atoms with van der Waals surface area (Å²) in [6.45, 7) is 14.9. The molecular weight excluding hydrogens is 292 g/mol. The number of piperidine rings is 1. The first-order chi connectivity index (χ1) is 10.4. The standard InChI is InChI=1S/C18H34N2O3/c1-8-9-13-10-14(19-16(22)23-18(5,6)7)12-20(11-13)15(21)17(2,3)4/h13-14H,8-12H2,1-7H3,(H,19,22). The molecule has 2 amide bonds. The molecule has 134 valence electrons. The maximum atomic E-state index is 12.6. The lowest BCUT2D eigenvalue weighted by Gasteiger charge is -2.40. The molecule has 1 saturated heterocycles. The minimum Gasteiger partial charge on any atom is -0.444 e. The van der Waals surface area contributed by atoms with Crippen molar-refractivity contribution in [2.24, 2.45) is 11.3 Å². The Kier molecular flexibility index (Phi) is 6.49. The van der Waals surface area contributed by atoms with Gasteiger partial charge in [0.15, 0.2) is 0 Å². The summed E-state index contributed by atoms with van der Waals surface area (Å²) in [7, 11) is 0. The average Bonchev–Trinajstić information content (AvgIpc) is 2.34. The van der Waals surface area contributed by atoms with E-state index in [-0.39, 0.29) is 11.9 Å². The van der Waals surface area contributed by atoms with E-state index in [4.69, 9.17) is 4.74 Å². The number of carbonyl (C=O) groups excluding carboxylic acids is 2. The van der Waals surface area contributed by atoms with Crippen molar-refractivity contribution in [3.8, 4) is 0 Å². The van der Waals surface area contributed by atoms with E-state index < -0.39 is 17.1 Å². The van der Waals surface area contributed by atoms with Crippen LogP contribution in [0.4, 0.5) is 4.79 Å². The van der Waals surface area contributed by atoms with E-state index in [1.165, 1.54) is 0 Å². The number of nitrogens with zero attached hydrogens (tertiary/aromatic N) is 1. The number of hydrogen-bond acceptors (Lipinski definition) is 3. The van der Waals surface area contributed by atoms with E-state index in [1.54, 1.807) is 0 Å². The summed E-state index contributed by atoms with van der Waals surface area (Å²) in [5, 5.41) is 2.95. The van der Waals surface area contributed by atoms with Gasteiger partial charge in [0.2, 0.25) is 5.91 Å². The normalized spacial score (nSPS) is 22.7. The molecule has 2 unspecified atom stereocenters. The van der Waals surface area contributed by atoms with Crippen LogP contribution >= 0.6 is 0 Å². The van der Waals surface area contributed by atoms with Crippen molar-refractivity contribution in [3.05, 3.63) is 0 Å². The van der Waals surface area contributed by atoms with E-state index >= 15 is 0 Å². The Labute approximate surface area is 141 Å². The van der Waals surface area contributed by atoms with Gasteiger partial charge in [-0.1, -0.05) is 34.1 Å². The third-order valence-electron chi connectivity index (χ3n) is 3.88. The van der Waals surface area contributed by atoms with E-state index in [0.29, 0.717) is 12.5 Å². The molecule has 0 saturated carbocycles. The van der Waals surface area contributed by atoms with Gasteiger partial charge >= 0.3 is 6.09 Å². The molecule has 0 aromatic carbocycles. The average molecular weight is 326 g/mol. The van der Waals surface area contributed by atoms with Crippen molar-refractivity contribution in [2.45, 2.75) is 79.4 Å². The Bertz CT molecular complexity index is 421. The van der Waals surface area contributed by atoms with Crippen LogP contribution in [0.5, 0.6) is 0 Å². The smallest absolute Gasteiger partial charge is 0.407 e. The fourth-order valence-electron chi connectivity index (χ4n) is 3.04. The topological polar surface area (TPSA) is 58.6 Å². The van der Waals surface area contributed by atoms with Gasteiger partial charge in [0.25, 0.3) is 0 Å². The van der Waals surface area contributed by atoms with Crippen LogP contribution in [0.25, 0.3) is 0 Å². The third kappa shape index (κ3) is 6.80. The highest BCUT2D eigenvalue weighted by atomic mass is 16.6. The molecule has 1 heterocycles. The van der Waals surface area contributed by atoms with Crippen LogP contribution in [0.15, 0.2) is 0 Å². The molecule has 23 heavy (non-hydrogen) atoms. The van der Waals surface area contributed by atoms with Crippen molar-refractivity contribution in [3.63, 3.8) is 0 Å². The third-order valence-corrected chi connectivity index (χ3v) is 3.88. The monoisotopic (exact) mass is 326 g/mol. The summed E-state index contributed by atoms with van der Waals surface area (Å²) in [6, 6.07) is -0.0403. The zero-order valence-electron chi connectivity index (χ0n) is 15.9.